The zero-order valence-corrected chi connectivity index (χ0v) is 17.8. The third-order valence-electron chi connectivity index (χ3n) is 7.80. The van der Waals surface area contributed by atoms with Crippen LogP contribution in [-0.2, 0) is 16.8 Å². The molecule has 4 bridgehead atoms. The average Bonchev–Trinajstić information content (AvgIpc) is 3.24. The summed E-state index contributed by atoms with van der Waals surface area (Å²) in [5.74, 6) is 4.91. The lowest BCUT2D eigenvalue weighted by atomic mass is 9.48. The molecule has 5 heteroatoms. The second-order valence-electron chi connectivity index (χ2n) is 9.98. The van der Waals surface area contributed by atoms with Crippen molar-refractivity contribution in [2.75, 3.05) is 13.4 Å². The molecule has 2 aromatic carbocycles. The maximum absolute atomic E-state index is 12.2. The molecule has 1 heterocycles. The number of hydrogen-bond acceptors (Lipinski definition) is 4. The lowest BCUT2D eigenvalue weighted by Crippen LogP contribution is -2.48. The van der Waals surface area contributed by atoms with Gasteiger partial charge in [-0.2, -0.15) is 0 Å². The van der Waals surface area contributed by atoms with Gasteiger partial charge < -0.3 is 19.5 Å². The Morgan fingerprint density at radius 1 is 0.935 bits per heavy atom. The van der Waals surface area contributed by atoms with Gasteiger partial charge in [0, 0.05) is 6.54 Å². The molecule has 4 aliphatic carbocycles. The van der Waals surface area contributed by atoms with Gasteiger partial charge in [0.05, 0.1) is 0 Å². The fourth-order valence-electron chi connectivity index (χ4n) is 6.82. The summed E-state index contributed by atoms with van der Waals surface area (Å²) in [6.45, 7) is 0.700. The predicted molar refractivity (Wildman–Crippen MR) is 116 cm³/mol. The molecule has 2 aromatic rings. The van der Waals surface area contributed by atoms with Gasteiger partial charge in [-0.15, -0.1) is 0 Å². The van der Waals surface area contributed by atoms with Gasteiger partial charge in [0.25, 0.3) is 5.91 Å². The topological polar surface area (TPSA) is 56.8 Å². The van der Waals surface area contributed by atoms with Gasteiger partial charge in [-0.25, -0.2) is 0 Å². The minimum atomic E-state index is -0.136. The second-order valence-corrected chi connectivity index (χ2v) is 9.98. The normalized spacial score (nSPS) is 29.7. The SMILES string of the molecule is O=C(COc1ccc(C23CC4CC(CC(C4)C2)C3)cc1)NCc1ccc2c(c1)OCO2. The van der Waals surface area contributed by atoms with Crippen LogP contribution in [0.3, 0.4) is 0 Å². The van der Waals surface area contributed by atoms with E-state index in [0.717, 1.165) is 40.6 Å². The summed E-state index contributed by atoms with van der Waals surface area (Å²) >= 11 is 0. The number of fused-ring (bicyclic) bond motifs is 1. The van der Waals surface area contributed by atoms with Crippen LogP contribution < -0.4 is 19.5 Å². The molecule has 0 atom stereocenters. The van der Waals surface area contributed by atoms with E-state index >= 15 is 0 Å². The number of benzene rings is 2. The Bertz CT molecular complexity index is 948. The molecule has 4 saturated carbocycles. The second kappa shape index (κ2) is 7.47. The van der Waals surface area contributed by atoms with E-state index in [0.29, 0.717) is 12.0 Å². The van der Waals surface area contributed by atoms with E-state index < -0.39 is 0 Å². The van der Waals surface area contributed by atoms with Gasteiger partial charge in [0.1, 0.15) is 5.75 Å². The molecular weight excluding hydrogens is 390 g/mol. The summed E-state index contributed by atoms with van der Waals surface area (Å²) in [7, 11) is 0. The predicted octanol–water partition coefficient (Wildman–Crippen LogP) is 4.58. The van der Waals surface area contributed by atoms with E-state index in [1.54, 1.807) is 0 Å². The number of ether oxygens (including phenoxy) is 3. The first-order valence-corrected chi connectivity index (χ1v) is 11.5. The third-order valence-corrected chi connectivity index (χ3v) is 7.80. The summed E-state index contributed by atoms with van der Waals surface area (Å²) in [5.41, 5.74) is 2.85. The van der Waals surface area contributed by atoms with Crippen LogP contribution >= 0.6 is 0 Å². The Morgan fingerprint density at radius 3 is 2.32 bits per heavy atom. The van der Waals surface area contributed by atoms with Crippen LogP contribution in [0.15, 0.2) is 42.5 Å². The van der Waals surface area contributed by atoms with Crippen molar-refractivity contribution in [1.82, 2.24) is 5.32 Å². The Hall–Kier alpha value is -2.69. The van der Waals surface area contributed by atoms with Crippen molar-refractivity contribution in [2.45, 2.75) is 50.5 Å². The first-order chi connectivity index (χ1) is 15.1. The van der Waals surface area contributed by atoms with Crippen molar-refractivity contribution < 1.29 is 19.0 Å². The molecule has 162 valence electrons. The molecule has 31 heavy (non-hydrogen) atoms. The highest BCUT2D eigenvalue weighted by Gasteiger charge is 2.51. The van der Waals surface area contributed by atoms with E-state index in [1.807, 2.05) is 30.3 Å². The molecule has 0 unspecified atom stereocenters. The van der Waals surface area contributed by atoms with Gasteiger partial charge in [0.15, 0.2) is 18.1 Å². The van der Waals surface area contributed by atoms with Crippen molar-refractivity contribution in [1.29, 1.82) is 0 Å². The van der Waals surface area contributed by atoms with E-state index in [9.17, 15) is 4.79 Å². The van der Waals surface area contributed by atoms with Gasteiger partial charge in [-0.05, 0) is 97.1 Å². The minimum absolute atomic E-state index is 0.0151. The largest absolute Gasteiger partial charge is 0.484 e. The van der Waals surface area contributed by atoms with Crippen molar-refractivity contribution >= 4 is 5.91 Å². The summed E-state index contributed by atoms with van der Waals surface area (Å²) in [6.07, 6.45) is 8.47. The fraction of sp³-hybridized carbons (Fsp3) is 0.500. The molecule has 1 N–H and O–H groups in total. The zero-order valence-electron chi connectivity index (χ0n) is 17.8. The lowest BCUT2D eigenvalue weighted by Gasteiger charge is -2.57. The van der Waals surface area contributed by atoms with Gasteiger partial charge in [-0.1, -0.05) is 18.2 Å². The molecule has 0 aromatic heterocycles. The van der Waals surface area contributed by atoms with Crippen LogP contribution in [-0.4, -0.2) is 19.3 Å². The number of hydrogen-bond donors (Lipinski definition) is 1. The van der Waals surface area contributed by atoms with Crippen LogP contribution in [0.1, 0.15) is 49.7 Å². The first kappa shape index (κ1) is 19.0. The van der Waals surface area contributed by atoms with Gasteiger partial charge in [0.2, 0.25) is 6.79 Å². The summed E-state index contributed by atoms with van der Waals surface area (Å²) in [5, 5.41) is 2.90. The lowest BCUT2D eigenvalue weighted by molar-refractivity contribution is -0.123. The summed E-state index contributed by atoms with van der Waals surface area (Å²) < 4.78 is 16.4. The quantitative estimate of drug-likeness (QED) is 0.745. The Labute approximate surface area is 183 Å². The highest BCUT2D eigenvalue weighted by Crippen LogP contribution is 2.60. The number of amides is 1. The van der Waals surface area contributed by atoms with Crippen LogP contribution in [0.4, 0.5) is 0 Å². The molecule has 0 spiro atoms. The molecule has 1 amide bonds. The van der Waals surface area contributed by atoms with Crippen LogP contribution in [0.25, 0.3) is 0 Å². The minimum Gasteiger partial charge on any atom is -0.484 e. The number of carbonyl (C=O) groups is 1. The van der Waals surface area contributed by atoms with E-state index in [4.69, 9.17) is 14.2 Å². The smallest absolute Gasteiger partial charge is 0.258 e. The highest BCUT2D eigenvalue weighted by molar-refractivity contribution is 5.77. The standard InChI is InChI=1S/C26H29NO4/c28-25(27-14-17-1-6-23-24(10-17)31-16-30-23)15-29-22-4-2-21(3-5-22)26-11-18-7-19(12-26)9-20(8-18)13-26/h1-6,10,18-20H,7-9,11-16H2,(H,27,28). The molecular formula is C26H29NO4. The van der Waals surface area contributed by atoms with Crippen molar-refractivity contribution in [2.24, 2.45) is 17.8 Å². The molecule has 5 nitrogen and oxygen atoms in total. The van der Waals surface area contributed by atoms with Crippen molar-refractivity contribution in [3.63, 3.8) is 0 Å². The Morgan fingerprint density at radius 2 is 1.61 bits per heavy atom. The zero-order chi connectivity index (χ0) is 20.8. The average molecular weight is 420 g/mol. The van der Waals surface area contributed by atoms with E-state index in [1.165, 1.54) is 44.1 Å². The van der Waals surface area contributed by atoms with Crippen LogP contribution in [0.5, 0.6) is 17.2 Å². The monoisotopic (exact) mass is 419 g/mol. The highest BCUT2D eigenvalue weighted by atomic mass is 16.7. The Kier molecular flexibility index (Phi) is 4.58. The fourth-order valence-corrected chi connectivity index (χ4v) is 6.82. The third kappa shape index (κ3) is 3.64. The molecule has 5 aliphatic rings. The number of rotatable bonds is 6. The molecule has 0 radical (unpaired) electrons. The molecule has 0 saturated heterocycles. The van der Waals surface area contributed by atoms with Crippen LogP contribution in [0.2, 0.25) is 0 Å². The molecule has 7 rings (SSSR count). The van der Waals surface area contributed by atoms with Gasteiger partial charge in [-0.3, -0.25) is 4.79 Å². The maximum Gasteiger partial charge on any atom is 0.258 e. The number of nitrogens with one attached hydrogen (secondary N) is 1. The van der Waals surface area contributed by atoms with Gasteiger partial charge >= 0.3 is 0 Å². The summed E-state index contributed by atoms with van der Waals surface area (Å²) in [6, 6.07) is 14.3. The summed E-state index contributed by atoms with van der Waals surface area (Å²) in [4.78, 5) is 12.2. The van der Waals surface area contributed by atoms with Crippen molar-refractivity contribution in [3.05, 3.63) is 53.6 Å². The number of carbonyl (C=O) groups excluding carboxylic acids is 1. The first-order valence-electron chi connectivity index (χ1n) is 11.5. The van der Waals surface area contributed by atoms with E-state index in [-0.39, 0.29) is 19.3 Å². The van der Waals surface area contributed by atoms with E-state index in [2.05, 4.69) is 17.4 Å². The molecule has 4 fully saturated rings. The van der Waals surface area contributed by atoms with Crippen LogP contribution in [0, 0.1) is 17.8 Å². The maximum atomic E-state index is 12.2. The molecule has 1 aliphatic heterocycles. The Balaban J connectivity index is 1.03. The van der Waals surface area contributed by atoms with Crippen molar-refractivity contribution in [3.8, 4) is 17.2 Å².